The van der Waals surface area contributed by atoms with Gasteiger partial charge in [0.25, 0.3) is 0 Å². The molecule has 4 nitrogen and oxygen atoms in total. The Labute approximate surface area is 73.5 Å². The lowest BCUT2D eigenvalue weighted by molar-refractivity contribution is 0.446. The van der Waals surface area contributed by atoms with E-state index in [1.807, 2.05) is 24.3 Å². The van der Waals surface area contributed by atoms with E-state index in [1.54, 1.807) is 6.20 Å². The minimum absolute atomic E-state index is 0.693. The van der Waals surface area contributed by atoms with Gasteiger partial charge in [-0.15, -0.1) is 5.10 Å². The summed E-state index contributed by atoms with van der Waals surface area (Å²) in [6.07, 6.45) is 1.59. The van der Waals surface area contributed by atoms with Crippen LogP contribution in [0.1, 0.15) is 0 Å². The molecule has 0 bridgehead atoms. The summed E-state index contributed by atoms with van der Waals surface area (Å²) in [6.45, 7) is 0. The molecule has 0 N–H and O–H groups in total. The van der Waals surface area contributed by atoms with Gasteiger partial charge in [-0.3, -0.25) is 0 Å². The SMILES string of the molecule is c1ccc2c3nncc-3noc2c1. The topological polar surface area (TPSA) is 51.8 Å². The molecule has 0 amide bonds. The van der Waals surface area contributed by atoms with Crippen LogP contribution in [0, 0.1) is 0 Å². The first-order valence-corrected chi connectivity index (χ1v) is 3.91. The summed E-state index contributed by atoms with van der Waals surface area (Å²) in [7, 11) is 0. The second-order valence-electron chi connectivity index (χ2n) is 2.76. The smallest absolute Gasteiger partial charge is 0.167 e. The molecule has 0 saturated carbocycles. The fourth-order valence-corrected chi connectivity index (χ4v) is 1.35. The Morgan fingerprint density at radius 3 is 3.08 bits per heavy atom. The number of aromatic nitrogens is 3. The average molecular weight is 171 g/mol. The van der Waals surface area contributed by atoms with Crippen molar-refractivity contribution in [3.63, 3.8) is 0 Å². The van der Waals surface area contributed by atoms with Gasteiger partial charge in [-0.25, -0.2) is 0 Å². The standard InChI is InChI=1S/C9H5N3O/c1-2-4-8-6(3-1)9-7(12-13-8)5-10-11-9/h1-5H. The summed E-state index contributed by atoms with van der Waals surface area (Å²) in [6, 6.07) is 7.63. The summed E-state index contributed by atoms with van der Waals surface area (Å²) < 4.78 is 5.15. The van der Waals surface area contributed by atoms with Gasteiger partial charge in [0.15, 0.2) is 11.3 Å². The molecule has 0 atom stereocenters. The fraction of sp³-hybridized carbons (Fsp3) is 0. The number of rotatable bonds is 0. The highest BCUT2D eigenvalue weighted by atomic mass is 16.5. The zero-order valence-corrected chi connectivity index (χ0v) is 6.64. The molecular weight excluding hydrogens is 166 g/mol. The molecule has 0 aromatic heterocycles. The largest absolute Gasteiger partial charge is 0.356 e. The van der Waals surface area contributed by atoms with Crippen molar-refractivity contribution in [2.45, 2.75) is 0 Å². The Hall–Kier alpha value is -1.97. The van der Waals surface area contributed by atoms with Crippen molar-refractivity contribution >= 4 is 11.0 Å². The van der Waals surface area contributed by atoms with Crippen LogP contribution in [0.4, 0.5) is 0 Å². The van der Waals surface area contributed by atoms with Gasteiger partial charge in [0.1, 0.15) is 5.69 Å². The minimum atomic E-state index is 0.693. The first kappa shape index (κ1) is 6.54. The number of hydrogen-bond acceptors (Lipinski definition) is 4. The van der Waals surface area contributed by atoms with E-state index in [0.29, 0.717) is 5.69 Å². The predicted molar refractivity (Wildman–Crippen MR) is 46.2 cm³/mol. The van der Waals surface area contributed by atoms with E-state index in [2.05, 4.69) is 15.4 Å². The van der Waals surface area contributed by atoms with E-state index in [0.717, 1.165) is 16.7 Å². The van der Waals surface area contributed by atoms with Crippen LogP contribution in [0.3, 0.4) is 0 Å². The molecule has 13 heavy (non-hydrogen) atoms. The number of fused-ring (bicyclic) bond motifs is 3. The third kappa shape index (κ3) is 0.823. The van der Waals surface area contributed by atoms with Crippen LogP contribution in [0.2, 0.25) is 0 Å². The molecule has 2 aliphatic rings. The van der Waals surface area contributed by atoms with Crippen LogP contribution in [-0.4, -0.2) is 15.4 Å². The summed E-state index contributed by atoms with van der Waals surface area (Å²) in [5, 5.41) is 12.6. The molecule has 62 valence electrons. The van der Waals surface area contributed by atoms with Crippen molar-refractivity contribution in [2.24, 2.45) is 0 Å². The Bertz CT molecular complexity index is 531. The molecule has 0 radical (unpaired) electrons. The maximum atomic E-state index is 5.15. The summed E-state index contributed by atoms with van der Waals surface area (Å²) in [5.74, 6) is 0. The molecule has 0 saturated heterocycles. The molecule has 3 rings (SSSR count). The van der Waals surface area contributed by atoms with Crippen LogP contribution in [0.25, 0.3) is 22.4 Å². The van der Waals surface area contributed by atoms with Gasteiger partial charge >= 0.3 is 0 Å². The van der Waals surface area contributed by atoms with E-state index < -0.39 is 0 Å². The van der Waals surface area contributed by atoms with Crippen molar-refractivity contribution in [3.05, 3.63) is 30.5 Å². The normalized spacial score (nSPS) is 11.1. The number of hydrogen-bond donors (Lipinski definition) is 0. The Balaban J connectivity index is 2.57. The molecule has 2 heterocycles. The minimum Gasteiger partial charge on any atom is -0.356 e. The predicted octanol–water partition coefficient (Wildman–Crippen LogP) is 1.72. The van der Waals surface area contributed by atoms with Crippen LogP contribution in [0.5, 0.6) is 0 Å². The van der Waals surface area contributed by atoms with E-state index >= 15 is 0 Å². The molecule has 2 aliphatic heterocycles. The second kappa shape index (κ2) is 2.26. The number of nitrogens with zero attached hydrogens (tertiary/aromatic N) is 3. The Morgan fingerprint density at radius 1 is 1.15 bits per heavy atom. The zero-order chi connectivity index (χ0) is 8.67. The monoisotopic (exact) mass is 171 g/mol. The molecule has 0 unspecified atom stereocenters. The van der Waals surface area contributed by atoms with Crippen LogP contribution in [-0.2, 0) is 0 Å². The van der Waals surface area contributed by atoms with E-state index in [1.165, 1.54) is 0 Å². The van der Waals surface area contributed by atoms with Gasteiger partial charge < -0.3 is 4.52 Å². The lowest BCUT2D eigenvalue weighted by atomic mass is 10.2. The highest BCUT2D eigenvalue weighted by molar-refractivity contribution is 5.89. The molecule has 0 fully saturated rings. The van der Waals surface area contributed by atoms with Gasteiger partial charge in [0, 0.05) is 5.39 Å². The van der Waals surface area contributed by atoms with Crippen molar-refractivity contribution in [2.75, 3.05) is 0 Å². The maximum absolute atomic E-state index is 5.15. The quantitative estimate of drug-likeness (QED) is 0.516. The van der Waals surface area contributed by atoms with Crippen LogP contribution < -0.4 is 0 Å². The maximum Gasteiger partial charge on any atom is 0.167 e. The third-order valence-electron chi connectivity index (χ3n) is 1.96. The number of benzene rings is 1. The molecular formula is C9H5N3O. The first-order chi connectivity index (χ1) is 6.45. The van der Waals surface area contributed by atoms with Crippen molar-refractivity contribution in [1.82, 2.24) is 15.4 Å². The van der Waals surface area contributed by atoms with Gasteiger partial charge in [-0.1, -0.05) is 17.3 Å². The average Bonchev–Trinajstić information content (AvgIpc) is 2.65. The Morgan fingerprint density at radius 2 is 2.08 bits per heavy atom. The summed E-state index contributed by atoms with van der Waals surface area (Å²) in [5.41, 5.74) is 2.22. The second-order valence-corrected chi connectivity index (χ2v) is 2.76. The zero-order valence-electron chi connectivity index (χ0n) is 6.64. The molecule has 0 aliphatic carbocycles. The highest BCUT2D eigenvalue weighted by Gasteiger charge is 2.12. The lowest BCUT2D eigenvalue weighted by Crippen LogP contribution is -1.84. The number of para-hydroxylation sites is 1. The fourth-order valence-electron chi connectivity index (χ4n) is 1.35. The molecule has 0 spiro atoms. The van der Waals surface area contributed by atoms with Crippen LogP contribution in [0.15, 0.2) is 35.0 Å². The molecule has 4 heteroatoms. The van der Waals surface area contributed by atoms with Crippen molar-refractivity contribution in [1.29, 1.82) is 0 Å². The summed E-state index contributed by atoms with van der Waals surface area (Å²) in [4.78, 5) is 0. The lowest BCUT2D eigenvalue weighted by Gasteiger charge is -1.98. The van der Waals surface area contributed by atoms with E-state index in [4.69, 9.17) is 4.52 Å². The van der Waals surface area contributed by atoms with Gasteiger partial charge in [0.05, 0.1) is 6.20 Å². The van der Waals surface area contributed by atoms with Crippen LogP contribution >= 0.6 is 0 Å². The van der Waals surface area contributed by atoms with E-state index in [9.17, 15) is 0 Å². The van der Waals surface area contributed by atoms with Gasteiger partial charge in [-0.05, 0) is 12.1 Å². The first-order valence-electron chi connectivity index (χ1n) is 3.91. The van der Waals surface area contributed by atoms with Crippen molar-refractivity contribution in [3.8, 4) is 11.4 Å². The van der Waals surface area contributed by atoms with E-state index in [-0.39, 0.29) is 0 Å². The van der Waals surface area contributed by atoms with Gasteiger partial charge in [-0.2, -0.15) is 5.10 Å². The Kier molecular flexibility index (Phi) is 1.14. The molecule has 1 aromatic rings. The van der Waals surface area contributed by atoms with Gasteiger partial charge in [0.2, 0.25) is 0 Å². The highest BCUT2D eigenvalue weighted by Crippen LogP contribution is 2.25. The molecule has 1 aromatic carbocycles. The summed E-state index contributed by atoms with van der Waals surface area (Å²) >= 11 is 0. The third-order valence-corrected chi connectivity index (χ3v) is 1.96. The van der Waals surface area contributed by atoms with Crippen molar-refractivity contribution < 1.29 is 4.52 Å².